The summed E-state index contributed by atoms with van der Waals surface area (Å²) in [5.41, 5.74) is 2.61. The first-order valence-electron chi connectivity index (χ1n) is 10.6. The molecular formula is C24H26FN3O3. The van der Waals surface area contributed by atoms with E-state index in [1.807, 2.05) is 31.2 Å². The van der Waals surface area contributed by atoms with Crippen molar-refractivity contribution in [3.05, 3.63) is 71.0 Å². The molecule has 0 aliphatic carbocycles. The van der Waals surface area contributed by atoms with Crippen LogP contribution in [0.3, 0.4) is 0 Å². The molecule has 2 aromatic rings. The van der Waals surface area contributed by atoms with Crippen molar-refractivity contribution in [3.63, 3.8) is 0 Å². The van der Waals surface area contributed by atoms with E-state index in [9.17, 15) is 18.8 Å². The van der Waals surface area contributed by atoms with Crippen molar-refractivity contribution in [1.29, 1.82) is 0 Å². The average Bonchev–Trinajstić information content (AvgIpc) is 2.79. The largest absolute Gasteiger partial charge is 0.338 e. The van der Waals surface area contributed by atoms with Gasteiger partial charge < -0.3 is 14.7 Å². The van der Waals surface area contributed by atoms with Crippen LogP contribution in [0.5, 0.6) is 0 Å². The van der Waals surface area contributed by atoms with Crippen LogP contribution in [0.15, 0.2) is 48.5 Å². The van der Waals surface area contributed by atoms with Crippen LogP contribution >= 0.6 is 0 Å². The first-order chi connectivity index (χ1) is 14.9. The van der Waals surface area contributed by atoms with Crippen LogP contribution in [0.25, 0.3) is 0 Å². The number of piperidine rings is 1. The summed E-state index contributed by atoms with van der Waals surface area (Å²) in [7, 11) is 0. The molecule has 31 heavy (non-hydrogen) atoms. The monoisotopic (exact) mass is 423 g/mol. The van der Waals surface area contributed by atoms with E-state index in [-0.39, 0.29) is 17.8 Å². The Labute approximate surface area is 181 Å². The summed E-state index contributed by atoms with van der Waals surface area (Å²) in [6.07, 6.45) is 1.26. The molecule has 2 aliphatic rings. The maximum Gasteiger partial charge on any atom is 0.312 e. The number of likely N-dealkylation sites (tertiary alicyclic amines) is 1. The minimum Gasteiger partial charge on any atom is -0.338 e. The highest BCUT2D eigenvalue weighted by molar-refractivity contribution is 6.35. The highest BCUT2D eigenvalue weighted by atomic mass is 19.1. The lowest BCUT2D eigenvalue weighted by atomic mass is 10.0. The predicted molar refractivity (Wildman–Crippen MR) is 114 cm³/mol. The molecule has 2 saturated heterocycles. The van der Waals surface area contributed by atoms with E-state index in [4.69, 9.17) is 0 Å². The quantitative estimate of drug-likeness (QED) is 0.711. The fourth-order valence-corrected chi connectivity index (χ4v) is 4.26. The summed E-state index contributed by atoms with van der Waals surface area (Å²) in [5.74, 6) is -1.43. The van der Waals surface area contributed by atoms with Gasteiger partial charge in [-0.25, -0.2) is 4.39 Å². The Bertz CT molecular complexity index is 967. The Balaban J connectivity index is 1.32. The van der Waals surface area contributed by atoms with E-state index in [2.05, 4.69) is 0 Å². The lowest BCUT2D eigenvalue weighted by Gasteiger charge is -2.42. The third-order valence-electron chi connectivity index (χ3n) is 6.12. The van der Waals surface area contributed by atoms with Crippen molar-refractivity contribution in [3.8, 4) is 0 Å². The molecule has 0 spiro atoms. The second-order valence-electron chi connectivity index (χ2n) is 8.24. The van der Waals surface area contributed by atoms with Gasteiger partial charge in [0.2, 0.25) is 0 Å². The summed E-state index contributed by atoms with van der Waals surface area (Å²) in [6.45, 7) is 4.47. The van der Waals surface area contributed by atoms with Gasteiger partial charge >= 0.3 is 11.8 Å². The van der Waals surface area contributed by atoms with Crippen LogP contribution in [0, 0.1) is 12.7 Å². The van der Waals surface area contributed by atoms with Crippen LogP contribution in [0.4, 0.5) is 4.39 Å². The van der Waals surface area contributed by atoms with E-state index >= 15 is 0 Å². The normalized spacial score (nSPS) is 17.9. The Morgan fingerprint density at radius 2 is 1.55 bits per heavy atom. The van der Waals surface area contributed by atoms with E-state index in [0.717, 1.165) is 11.1 Å². The molecule has 2 heterocycles. The first-order valence-corrected chi connectivity index (χ1v) is 10.6. The highest BCUT2D eigenvalue weighted by Gasteiger charge is 2.38. The molecule has 0 bridgehead atoms. The van der Waals surface area contributed by atoms with Gasteiger partial charge in [-0.3, -0.25) is 14.4 Å². The Morgan fingerprint density at radius 1 is 0.903 bits per heavy atom. The van der Waals surface area contributed by atoms with Crippen LogP contribution in [0.2, 0.25) is 0 Å². The number of piperazine rings is 1. The lowest BCUT2D eigenvalue weighted by molar-refractivity contribution is -0.158. The van der Waals surface area contributed by atoms with Crippen molar-refractivity contribution in [2.24, 2.45) is 0 Å². The van der Waals surface area contributed by atoms with Gasteiger partial charge in [0.1, 0.15) is 5.82 Å². The number of halogens is 1. The molecule has 2 aliphatic heterocycles. The van der Waals surface area contributed by atoms with Crippen molar-refractivity contribution >= 4 is 17.7 Å². The van der Waals surface area contributed by atoms with Crippen molar-refractivity contribution in [2.45, 2.75) is 32.4 Å². The minimum absolute atomic E-state index is 0.0461. The van der Waals surface area contributed by atoms with E-state index in [1.165, 1.54) is 24.3 Å². The molecule has 7 heteroatoms. The molecule has 162 valence electrons. The molecule has 0 aromatic heterocycles. The second kappa shape index (κ2) is 8.88. The van der Waals surface area contributed by atoms with Gasteiger partial charge in [0.25, 0.3) is 5.91 Å². The molecule has 0 atom stereocenters. The van der Waals surface area contributed by atoms with Gasteiger partial charge in [0, 0.05) is 44.3 Å². The molecule has 0 N–H and O–H groups in total. The smallest absolute Gasteiger partial charge is 0.312 e. The number of rotatable bonds is 4. The standard InChI is InChI=1S/C24H26FN3O3/c1-17-2-4-18(5-3-17)16-27-14-15-28(24(31)23(27)30)21-10-12-26(13-11-21)22(29)19-6-8-20(25)9-7-19/h2-9,21H,10-16H2,1H3. The number of hydrogen-bond donors (Lipinski definition) is 0. The molecule has 3 amide bonds. The lowest BCUT2D eigenvalue weighted by Crippen LogP contribution is -2.59. The molecule has 6 nitrogen and oxygen atoms in total. The molecule has 4 rings (SSSR count). The Morgan fingerprint density at radius 3 is 2.19 bits per heavy atom. The van der Waals surface area contributed by atoms with E-state index in [0.29, 0.717) is 51.1 Å². The molecule has 0 radical (unpaired) electrons. The van der Waals surface area contributed by atoms with Gasteiger partial charge in [0.15, 0.2) is 0 Å². The van der Waals surface area contributed by atoms with Gasteiger partial charge in [-0.05, 0) is 49.6 Å². The van der Waals surface area contributed by atoms with Gasteiger partial charge in [-0.1, -0.05) is 29.8 Å². The SMILES string of the molecule is Cc1ccc(CN2CCN(C3CCN(C(=O)c4ccc(F)cc4)CC3)C(=O)C2=O)cc1. The van der Waals surface area contributed by atoms with Gasteiger partial charge in [-0.15, -0.1) is 0 Å². The zero-order chi connectivity index (χ0) is 22.0. The minimum atomic E-state index is -0.461. The summed E-state index contributed by atoms with van der Waals surface area (Å²) in [5, 5.41) is 0. The van der Waals surface area contributed by atoms with Gasteiger partial charge in [-0.2, -0.15) is 0 Å². The number of hydrogen-bond acceptors (Lipinski definition) is 3. The Kier molecular flexibility index (Phi) is 6.02. The zero-order valence-electron chi connectivity index (χ0n) is 17.6. The fraction of sp³-hybridized carbons (Fsp3) is 0.375. The molecule has 0 unspecified atom stereocenters. The number of carbonyl (C=O) groups is 3. The molecule has 2 aromatic carbocycles. The zero-order valence-corrected chi connectivity index (χ0v) is 17.6. The summed E-state index contributed by atoms with van der Waals surface area (Å²) in [4.78, 5) is 43.1. The van der Waals surface area contributed by atoms with Crippen LogP contribution in [0.1, 0.15) is 34.3 Å². The van der Waals surface area contributed by atoms with Crippen molar-refractivity contribution < 1.29 is 18.8 Å². The highest BCUT2D eigenvalue weighted by Crippen LogP contribution is 2.22. The number of nitrogens with zero attached hydrogens (tertiary/aromatic N) is 3. The number of aryl methyl sites for hydroxylation is 1. The third-order valence-corrected chi connectivity index (χ3v) is 6.12. The van der Waals surface area contributed by atoms with Gasteiger partial charge in [0.05, 0.1) is 0 Å². The number of amides is 3. The fourth-order valence-electron chi connectivity index (χ4n) is 4.26. The first kappa shape index (κ1) is 21.0. The molecule has 0 saturated carbocycles. The topological polar surface area (TPSA) is 60.9 Å². The molecular weight excluding hydrogens is 397 g/mol. The summed E-state index contributed by atoms with van der Waals surface area (Å²) >= 11 is 0. The maximum absolute atomic E-state index is 13.1. The summed E-state index contributed by atoms with van der Waals surface area (Å²) < 4.78 is 13.1. The van der Waals surface area contributed by atoms with Crippen LogP contribution < -0.4 is 0 Å². The second-order valence-corrected chi connectivity index (χ2v) is 8.24. The molecule has 2 fully saturated rings. The third kappa shape index (κ3) is 4.60. The summed E-state index contributed by atoms with van der Waals surface area (Å²) in [6, 6.07) is 13.4. The average molecular weight is 423 g/mol. The van der Waals surface area contributed by atoms with Crippen molar-refractivity contribution in [1.82, 2.24) is 14.7 Å². The van der Waals surface area contributed by atoms with Crippen molar-refractivity contribution in [2.75, 3.05) is 26.2 Å². The predicted octanol–water partition coefficient (Wildman–Crippen LogP) is 2.61. The number of benzene rings is 2. The van der Waals surface area contributed by atoms with Crippen LogP contribution in [-0.2, 0) is 16.1 Å². The Hall–Kier alpha value is -3.22. The van der Waals surface area contributed by atoms with Crippen LogP contribution in [-0.4, -0.2) is 64.6 Å². The number of carbonyl (C=O) groups excluding carboxylic acids is 3. The van der Waals surface area contributed by atoms with E-state index in [1.54, 1.807) is 14.7 Å². The van der Waals surface area contributed by atoms with E-state index < -0.39 is 11.8 Å². The maximum atomic E-state index is 13.1.